The molecule has 0 spiro atoms. The van der Waals surface area contributed by atoms with E-state index in [0.717, 1.165) is 22.2 Å². The Kier molecular flexibility index (Phi) is 4.94. The second kappa shape index (κ2) is 7.56. The predicted molar refractivity (Wildman–Crippen MR) is 114 cm³/mol. The van der Waals surface area contributed by atoms with Crippen molar-refractivity contribution in [3.05, 3.63) is 87.4 Å². The Balaban J connectivity index is 1.72. The van der Waals surface area contributed by atoms with E-state index in [1.54, 1.807) is 46.9 Å². The molecular formula is C22H19ClN4O2. The van der Waals surface area contributed by atoms with Crippen LogP contribution in [0.25, 0.3) is 22.0 Å². The molecule has 0 atom stereocenters. The Hall–Kier alpha value is -3.38. The summed E-state index contributed by atoms with van der Waals surface area (Å²) in [6, 6.07) is 14.7. The van der Waals surface area contributed by atoms with Crippen molar-refractivity contribution in [1.82, 2.24) is 19.7 Å². The fourth-order valence-electron chi connectivity index (χ4n) is 3.44. The van der Waals surface area contributed by atoms with Crippen LogP contribution in [0.5, 0.6) is 0 Å². The van der Waals surface area contributed by atoms with Crippen LogP contribution in [0.1, 0.15) is 15.9 Å². The fraction of sp³-hybridized carbons (Fsp3) is 0.136. The number of carbonyl (C=O) groups excluding carboxylic acids is 1. The van der Waals surface area contributed by atoms with Gasteiger partial charge in [-0.05, 0) is 53.4 Å². The van der Waals surface area contributed by atoms with Gasteiger partial charge in [0, 0.05) is 48.0 Å². The van der Waals surface area contributed by atoms with E-state index in [9.17, 15) is 9.59 Å². The smallest absolute Gasteiger partial charge is 0.258 e. The standard InChI is InChI=1S/C22H19ClN4O2/c1-24-21(28)17-9-14(10-18(23)12-17)13-27-8-6-15-11-16(3-4-19(15)22(27)29)20-5-7-25-26(20)2/h3-12H,13H2,1-2H3,(H,24,28). The van der Waals surface area contributed by atoms with Gasteiger partial charge in [-0.15, -0.1) is 0 Å². The highest BCUT2D eigenvalue weighted by Crippen LogP contribution is 2.23. The van der Waals surface area contributed by atoms with Gasteiger partial charge >= 0.3 is 0 Å². The highest BCUT2D eigenvalue weighted by molar-refractivity contribution is 6.31. The minimum Gasteiger partial charge on any atom is -0.355 e. The molecule has 2 aromatic carbocycles. The molecule has 2 aromatic heterocycles. The van der Waals surface area contributed by atoms with Crippen molar-refractivity contribution >= 4 is 28.3 Å². The first kappa shape index (κ1) is 19.0. The summed E-state index contributed by atoms with van der Waals surface area (Å²) in [5.41, 5.74) is 3.13. The second-order valence-corrected chi connectivity index (χ2v) is 7.25. The van der Waals surface area contributed by atoms with E-state index in [1.807, 2.05) is 37.4 Å². The predicted octanol–water partition coefficient (Wildman–Crippen LogP) is 3.46. The highest BCUT2D eigenvalue weighted by atomic mass is 35.5. The summed E-state index contributed by atoms with van der Waals surface area (Å²) in [5, 5.41) is 8.73. The molecule has 0 radical (unpaired) electrons. The van der Waals surface area contributed by atoms with Crippen LogP contribution in [0.2, 0.25) is 5.02 Å². The zero-order valence-corrected chi connectivity index (χ0v) is 16.8. The Morgan fingerprint density at radius 1 is 1.14 bits per heavy atom. The van der Waals surface area contributed by atoms with Gasteiger partial charge in [-0.3, -0.25) is 14.3 Å². The molecule has 146 valence electrons. The summed E-state index contributed by atoms with van der Waals surface area (Å²) in [5.74, 6) is -0.220. The number of rotatable bonds is 4. The molecular weight excluding hydrogens is 388 g/mol. The lowest BCUT2D eigenvalue weighted by Crippen LogP contribution is -2.21. The van der Waals surface area contributed by atoms with Gasteiger partial charge in [0.25, 0.3) is 11.5 Å². The fourth-order valence-corrected chi connectivity index (χ4v) is 3.70. The molecule has 2 heterocycles. The molecule has 7 heteroatoms. The van der Waals surface area contributed by atoms with Crippen LogP contribution in [0.4, 0.5) is 0 Å². The van der Waals surface area contributed by atoms with Crippen LogP contribution in [-0.2, 0) is 13.6 Å². The minimum atomic E-state index is -0.220. The van der Waals surface area contributed by atoms with Crippen LogP contribution in [0, 0.1) is 0 Å². The Bertz CT molecular complexity index is 1290. The number of amides is 1. The number of pyridine rings is 1. The third-order valence-corrected chi connectivity index (χ3v) is 5.11. The van der Waals surface area contributed by atoms with Gasteiger partial charge < -0.3 is 9.88 Å². The van der Waals surface area contributed by atoms with Crippen molar-refractivity contribution < 1.29 is 4.79 Å². The summed E-state index contributed by atoms with van der Waals surface area (Å²) >= 11 is 6.16. The van der Waals surface area contributed by atoms with Crippen molar-refractivity contribution in [2.24, 2.45) is 7.05 Å². The van der Waals surface area contributed by atoms with Gasteiger partial charge in [0.2, 0.25) is 0 Å². The Morgan fingerprint density at radius 3 is 2.69 bits per heavy atom. The molecule has 29 heavy (non-hydrogen) atoms. The summed E-state index contributed by atoms with van der Waals surface area (Å²) in [4.78, 5) is 24.9. The average Bonchev–Trinajstić information content (AvgIpc) is 3.14. The van der Waals surface area contributed by atoms with Gasteiger partial charge in [-0.1, -0.05) is 17.7 Å². The van der Waals surface area contributed by atoms with Gasteiger partial charge in [-0.25, -0.2) is 0 Å². The van der Waals surface area contributed by atoms with Crippen molar-refractivity contribution in [1.29, 1.82) is 0 Å². The molecule has 1 N–H and O–H groups in total. The minimum absolute atomic E-state index is 0.0967. The topological polar surface area (TPSA) is 68.9 Å². The molecule has 0 bridgehead atoms. The molecule has 0 fully saturated rings. The molecule has 4 rings (SSSR count). The maximum absolute atomic E-state index is 13.0. The zero-order valence-electron chi connectivity index (χ0n) is 16.0. The van der Waals surface area contributed by atoms with Gasteiger partial charge in [0.1, 0.15) is 0 Å². The molecule has 0 saturated heterocycles. The Labute approximate surface area is 172 Å². The van der Waals surface area contributed by atoms with Crippen molar-refractivity contribution in [2.75, 3.05) is 7.05 Å². The molecule has 0 aliphatic heterocycles. The van der Waals surface area contributed by atoms with Crippen LogP contribution < -0.4 is 10.9 Å². The van der Waals surface area contributed by atoms with E-state index in [0.29, 0.717) is 22.5 Å². The quantitative estimate of drug-likeness (QED) is 0.564. The number of aryl methyl sites for hydroxylation is 1. The molecule has 0 aliphatic carbocycles. The molecule has 1 amide bonds. The van der Waals surface area contributed by atoms with E-state index in [2.05, 4.69) is 10.4 Å². The average molecular weight is 407 g/mol. The number of nitrogens with one attached hydrogen (secondary N) is 1. The van der Waals surface area contributed by atoms with E-state index >= 15 is 0 Å². The molecule has 4 aromatic rings. The van der Waals surface area contributed by atoms with Crippen molar-refractivity contribution in [3.8, 4) is 11.3 Å². The number of aromatic nitrogens is 3. The maximum Gasteiger partial charge on any atom is 0.258 e. The normalized spacial score (nSPS) is 11.0. The lowest BCUT2D eigenvalue weighted by molar-refractivity contribution is 0.0963. The lowest BCUT2D eigenvalue weighted by Gasteiger charge is -2.10. The van der Waals surface area contributed by atoms with Crippen LogP contribution in [0.3, 0.4) is 0 Å². The van der Waals surface area contributed by atoms with E-state index in [1.165, 1.54) is 0 Å². The first-order chi connectivity index (χ1) is 14.0. The van der Waals surface area contributed by atoms with Crippen molar-refractivity contribution in [3.63, 3.8) is 0 Å². The van der Waals surface area contributed by atoms with Crippen LogP contribution >= 0.6 is 11.6 Å². The van der Waals surface area contributed by atoms with E-state index in [4.69, 9.17) is 11.6 Å². The SMILES string of the molecule is CNC(=O)c1cc(Cl)cc(Cn2ccc3cc(-c4ccnn4C)ccc3c2=O)c1. The molecule has 0 aliphatic rings. The number of hydrogen-bond acceptors (Lipinski definition) is 3. The second-order valence-electron chi connectivity index (χ2n) is 6.82. The highest BCUT2D eigenvalue weighted by Gasteiger charge is 2.10. The van der Waals surface area contributed by atoms with Crippen LogP contribution in [-0.4, -0.2) is 27.3 Å². The zero-order chi connectivity index (χ0) is 20.5. The number of halogens is 1. The summed E-state index contributed by atoms with van der Waals surface area (Å²) in [6.45, 7) is 0.322. The monoisotopic (exact) mass is 406 g/mol. The van der Waals surface area contributed by atoms with E-state index in [-0.39, 0.29) is 11.5 Å². The number of benzene rings is 2. The number of nitrogens with zero attached hydrogens (tertiary/aromatic N) is 3. The van der Waals surface area contributed by atoms with Gasteiger partial charge in [0.15, 0.2) is 0 Å². The molecule has 0 saturated carbocycles. The lowest BCUT2D eigenvalue weighted by atomic mass is 10.1. The van der Waals surface area contributed by atoms with Crippen LogP contribution in [0.15, 0.2) is 65.7 Å². The number of hydrogen-bond donors (Lipinski definition) is 1. The number of carbonyl (C=O) groups is 1. The maximum atomic E-state index is 13.0. The van der Waals surface area contributed by atoms with Crippen molar-refractivity contribution in [2.45, 2.75) is 6.54 Å². The summed E-state index contributed by atoms with van der Waals surface area (Å²) in [6.07, 6.45) is 3.51. The first-order valence-corrected chi connectivity index (χ1v) is 9.47. The van der Waals surface area contributed by atoms with Gasteiger partial charge in [-0.2, -0.15) is 5.10 Å². The Morgan fingerprint density at radius 2 is 1.97 bits per heavy atom. The summed E-state index contributed by atoms with van der Waals surface area (Å²) in [7, 11) is 3.45. The van der Waals surface area contributed by atoms with E-state index < -0.39 is 0 Å². The number of fused-ring (bicyclic) bond motifs is 1. The summed E-state index contributed by atoms with van der Waals surface area (Å²) < 4.78 is 3.41. The third-order valence-electron chi connectivity index (χ3n) is 4.89. The molecule has 6 nitrogen and oxygen atoms in total. The first-order valence-electron chi connectivity index (χ1n) is 9.09. The largest absolute Gasteiger partial charge is 0.355 e. The third kappa shape index (κ3) is 3.67. The van der Waals surface area contributed by atoms with Gasteiger partial charge in [0.05, 0.1) is 12.2 Å². The molecule has 0 unspecified atom stereocenters.